The molecule has 18 heavy (non-hydrogen) atoms. The van der Waals surface area contributed by atoms with E-state index in [9.17, 15) is 13.2 Å². The molecule has 2 saturated heterocycles. The van der Waals surface area contributed by atoms with Crippen molar-refractivity contribution in [3.63, 3.8) is 0 Å². The van der Waals surface area contributed by atoms with E-state index in [0.717, 1.165) is 26.1 Å². The lowest BCUT2D eigenvalue weighted by atomic mass is 10.3. The number of carbonyl (C=O) groups is 1. The summed E-state index contributed by atoms with van der Waals surface area (Å²) in [5.74, 6) is 0.112. The summed E-state index contributed by atoms with van der Waals surface area (Å²) < 4.78 is 24.5. The summed E-state index contributed by atoms with van der Waals surface area (Å²) in [4.78, 5) is 13.7. The van der Waals surface area contributed by atoms with Crippen molar-refractivity contribution in [2.24, 2.45) is 0 Å². The second kappa shape index (κ2) is 6.70. The molecule has 0 aromatic carbocycles. The van der Waals surface area contributed by atoms with Gasteiger partial charge in [0.15, 0.2) is 0 Å². The van der Waals surface area contributed by atoms with E-state index in [1.165, 1.54) is 4.31 Å². The Morgan fingerprint density at radius 3 is 2.56 bits per heavy atom. The second-order valence-electron chi connectivity index (χ2n) is 4.49. The molecule has 106 valence electrons. The highest BCUT2D eigenvalue weighted by atomic mass is 35.5. The van der Waals surface area contributed by atoms with Crippen LogP contribution in [0.2, 0.25) is 0 Å². The zero-order valence-corrected chi connectivity index (χ0v) is 11.9. The maximum atomic E-state index is 12.0. The van der Waals surface area contributed by atoms with Crippen LogP contribution in [-0.2, 0) is 14.8 Å². The molecule has 0 spiro atoms. The summed E-state index contributed by atoms with van der Waals surface area (Å²) in [5.41, 5.74) is 0. The predicted octanol–water partition coefficient (Wildman–Crippen LogP) is -0.734. The Bertz CT molecular complexity index is 380. The maximum Gasteiger partial charge on any atom is 0.237 e. The highest BCUT2D eigenvalue weighted by molar-refractivity contribution is 7.89. The Hall–Kier alpha value is -0.370. The van der Waals surface area contributed by atoms with Gasteiger partial charge in [0, 0.05) is 26.2 Å². The average Bonchev–Trinajstić information content (AvgIpc) is 2.54. The molecular formula is C10H20ClN3O3S. The van der Waals surface area contributed by atoms with Crippen molar-refractivity contribution >= 4 is 28.3 Å². The van der Waals surface area contributed by atoms with E-state index in [2.05, 4.69) is 5.32 Å². The van der Waals surface area contributed by atoms with Gasteiger partial charge in [0.25, 0.3) is 0 Å². The van der Waals surface area contributed by atoms with Crippen molar-refractivity contribution in [2.75, 3.05) is 45.0 Å². The first-order valence-corrected chi connectivity index (χ1v) is 7.67. The maximum absolute atomic E-state index is 12.0. The number of hydrogen-bond donors (Lipinski definition) is 1. The van der Waals surface area contributed by atoms with Gasteiger partial charge in [0.2, 0.25) is 15.9 Å². The van der Waals surface area contributed by atoms with Gasteiger partial charge in [0.05, 0.1) is 12.3 Å². The third kappa shape index (κ3) is 3.81. The minimum absolute atomic E-state index is 0. The molecule has 0 aromatic rings. The molecule has 0 bridgehead atoms. The molecule has 1 N–H and O–H groups in total. The first-order valence-electron chi connectivity index (χ1n) is 6.06. The second-order valence-corrected chi connectivity index (χ2v) is 6.58. The molecule has 2 aliphatic heterocycles. The van der Waals surface area contributed by atoms with Crippen molar-refractivity contribution in [3.05, 3.63) is 0 Å². The van der Waals surface area contributed by atoms with E-state index >= 15 is 0 Å². The summed E-state index contributed by atoms with van der Waals surface area (Å²) in [5, 5.41) is 3.22. The van der Waals surface area contributed by atoms with Crippen LogP contribution in [0.4, 0.5) is 0 Å². The molecule has 8 heteroatoms. The number of hydrogen-bond acceptors (Lipinski definition) is 4. The Kier molecular flexibility index (Phi) is 5.84. The normalized spacial score (nSPS) is 24.3. The van der Waals surface area contributed by atoms with E-state index < -0.39 is 10.0 Å². The highest BCUT2D eigenvalue weighted by Gasteiger charge is 2.31. The summed E-state index contributed by atoms with van der Waals surface area (Å²) in [6.45, 7) is 3.61. The minimum Gasteiger partial charge on any atom is -0.340 e. The third-order valence-electron chi connectivity index (χ3n) is 3.21. The van der Waals surface area contributed by atoms with Crippen LogP contribution in [0.15, 0.2) is 0 Å². The number of sulfonamides is 1. The third-order valence-corrected chi connectivity index (χ3v) is 5.11. The summed E-state index contributed by atoms with van der Waals surface area (Å²) in [6, 6.07) is 0. The zero-order valence-electron chi connectivity index (χ0n) is 10.3. The van der Waals surface area contributed by atoms with E-state index in [0.29, 0.717) is 19.5 Å². The topological polar surface area (TPSA) is 69.7 Å². The zero-order chi connectivity index (χ0) is 12.3. The quantitative estimate of drug-likeness (QED) is 0.729. The van der Waals surface area contributed by atoms with Gasteiger partial charge in [0.1, 0.15) is 0 Å². The lowest BCUT2D eigenvalue weighted by molar-refractivity contribution is -0.131. The molecule has 6 nitrogen and oxygen atoms in total. The van der Waals surface area contributed by atoms with Gasteiger partial charge >= 0.3 is 0 Å². The van der Waals surface area contributed by atoms with Crippen molar-refractivity contribution in [2.45, 2.75) is 12.8 Å². The van der Waals surface area contributed by atoms with Crippen LogP contribution in [0, 0.1) is 0 Å². The van der Waals surface area contributed by atoms with Crippen LogP contribution in [0.25, 0.3) is 0 Å². The van der Waals surface area contributed by atoms with Crippen LogP contribution in [0.1, 0.15) is 12.8 Å². The number of amides is 1. The molecule has 1 amide bonds. The van der Waals surface area contributed by atoms with E-state index in [1.54, 1.807) is 4.90 Å². The van der Waals surface area contributed by atoms with Crippen molar-refractivity contribution in [1.29, 1.82) is 0 Å². The molecule has 0 saturated carbocycles. The van der Waals surface area contributed by atoms with Crippen LogP contribution >= 0.6 is 12.4 Å². The number of halogens is 1. The Labute approximate surface area is 114 Å². The molecule has 0 aromatic heterocycles. The summed E-state index contributed by atoms with van der Waals surface area (Å²) in [6.07, 6.45) is 1.57. The fourth-order valence-electron chi connectivity index (χ4n) is 2.21. The minimum atomic E-state index is -3.16. The largest absolute Gasteiger partial charge is 0.340 e. The van der Waals surface area contributed by atoms with Crippen molar-refractivity contribution in [3.8, 4) is 0 Å². The fourth-order valence-corrected chi connectivity index (χ4v) is 3.68. The van der Waals surface area contributed by atoms with Gasteiger partial charge in [-0.15, -0.1) is 12.4 Å². The monoisotopic (exact) mass is 297 g/mol. The fraction of sp³-hybridized carbons (Fsp3) is 0.900. The SMILES string of the molecule is Cl.O=C(CN1CCCS1(=O)=O)N1CCCNCC1. The van der Waals surface area contributed by atoms with E-state index in [-0.39, 0.29) is 30.6 Å². The van der Waals surface area contributed by atoms with Gasteiger partial charge in [-0.25, -0.2) is 8.42 Å². The van der Waals surface area contributed by atoms with Gasteiger partial charge < -0.3 is 10.2 Å². The summed E-state index contributed by atoms with van der Waals surface area (Å²) in [7, 11) is -3.16. The molecule has 2 fully saturated rings. The molecular weight excluding hydrogens is 278 g/mol. The molecule has 2 heterocycles. The molecule has 0 aliphatic carbocycles. The van der Waals surface area contributed by atoms with Gasteiger partial charge in [-0.05, 0) is 19.4 Å². The molecule has 2 rings (SSSR count). The van der Waals surface area contributed by atoms with Crippen LogP contribution in [-0.4, -0.2) is 68.6 Å². The van der Waals surface area contributed by atoms with Crippen molar-refractivity contribution < 1.29 is 13.2 Å². The highest BCUT2D eigenvalue weighted by Crippen LogP contribution is 2.13. The number of nitrogens with one attached hydrogen (secondary N) is 1. The number of nitrogens with zero attached hydrogens (tertiary/aromatic N) is 2. The lowest BCUT2D eigenvalue weighted by Gasteiger charge is -2.22. The lowest BCUT2D eigenvalue weighted by Crippen LogP contribution is -2.42. The predicted molar refractivity (Wildman–Crippen MR) is 71.3 cm³/mol. The first-order chi connectivity index (χ1) is 8.09. The Morgan fingerprint density at radius 1 is 1.11 bits per heavy atom. The Morgan fingerprint density at radius 2 is 1.89 bits per heavy atom. The molecule has 2 aliphatic rings. The van der Waals surface area contributed by atoms with Crippen molar-refractivity contribution in [1.82, 2.24) is 14.5 Å². The van der Waals surface area contributed by atoms with Gasteiger partial charge in [-0.1, -0.05) is 0 Å². The number of rotatable bonds is 2. The molecule has 0 unspecified atom stereocenters. The number of carbonyl (C=O) groups excluding carboxylic acids is 1. The standard InChI is InChI=1S/C10H19N3O3S.ClH/c14-10(12-5-1-3-11-4-7-12)9-13-6-2-8-17(13,15)16;/h11H,1-9H2;1H. The smallest absolute Gasteiger partial charge is 0.237 e. The van der Waals surface area contributed by atoms with E-state index in [1.807, 2.05) is 0 Å². The van der Waals surface area contributed by atoms with Crippen LogP contribution in [0.5, 0.6) is 0 Å². The van der Waals surface area contributed by atoms with Gasteiger partial charge in [-0.2, -0.15) is 4.31 Å². The average molecular weight is 298 g/mol. The first kappa shape index (κ1) is 15.7. The Balaban J connectivity index is 0.00000162. The molecule has 0 radical (unpaired) electrons. The van der Waals surface area contributed by atoms with Crippen LogP contribution < -0.4 is 5.32 Å². The summed E-state index contributed by atoms with van der Waals surface area (Å²) >= 11 is 0. The molecule has 0 atom stereocenters. The van der Waals surface area contributed by atoms with Gasteiger partial charge in [-0.3, -0.25) is 4.79 Å². The van der Waals surface area contributed by atoms with E-state index in [4.69, 9.17) is 0 Å². The van der Waals surface area contributed by atoms with Crippen LogP contribution in [0.3, 0.4) is 0 Å².